The van der Waals surface area contributed by atoms with Gasteiger partial charge < -0.3 is 10.2 Å². The van der Waals surface area contributed by atoms with Crippen LogP contribution in [0.15, 0.2) is 17.2 Å². The highest BCUT2D eigenvalue weighted by atomic mass is 32.2. The molecule has 0 radical (unpaired) electrons. The first kappa shape index (κ1) is 14.8. The number of likely N-dealkylation sites (tertiary alicyclic amines) is 1. The standard InChI is InChI=1S/C13H18N4O2S/c1-10(18)14-11-5-6-12(16-15-11)20-9-13(19)17-7-3-2-4-8-17/h5-6H,2-4,7-9H2,1H3,(H,14,15,18). The molecule has 0 aliphatic carbocycles. The number of hydrogen-bond acceptors (Lipinski definition) is 5. The summed E-state index contributed by atoms with van der Waals surface area (Å²) >= 11 is 1.37. The molecule has 2 rings (SSSR count). The van der Waals surface area contributed by atoms with E-state index in [0.29, 0.717) is 16.6 Å². The fourth-order valence-corrected chi connectivity index (χ4v) is 2.73. The van der Waals surface area contributed by atoms with E-state index in [1.54, 1.807) is 12.1 Å². The summed E-state index contributed by atoms with van der Waals surface area (Å²) in [5, 5.41) is 11.1. The van der Waals surface area contributed by atoms with Gasteiger partial charge in [-0.3, -0.25) is 9.59 Å². The van der Waals surface area contributed by atoms with Crippen LogP contribution in [0.1, 0.15) is 26.2 Å². The zero-order valence-corrected chi connectivity index (χ0v) is 12.3. The first-order chi connectivity index (χ1) is 9.65. The van der Waals surface area contributed by atoms with Crippen molar-refractivity contribution >= 4 is 29.4 Å². The number of amides is 2. The van der Waals surface area contributed by atoms with Crippen LogP contribution in [0.5, 0.6) is 0 Å². The van der Waals surface area contributed by atoms with E-state index in [4.69, 9.17) is 0 Å². The molecule has 2 amide bonds. The van der Waals surface area contributed by atoms with Crippen LogP contribution in [0.25, 0.3) is 0 Å². The average molecular weight is 294 g/mol. The number of nitrogens with zero attached hydrogens (tertiary/aromatic N) is 3. The highest BCUT2D eigenvalue weighted by molar-refractivity contribution is 7.99. The zero-order valence-electron chi connectivity index (χ0n) is 11.5. The van der Waals surface area contributed by atoms with Crippen LogP contribution in [0.4, 0.5) is 5.82 Å². The molecule has 1 saturated heterocycles. The molecule has 0 atom stereocenters. The Hall–Kier alpha value is -1.63. The fourth-order valence-electron chi connectivity index (χ4n) is 2.01. The molecule has 1 N–H and O–H groups in total. The molecular weight excluding hydrogens is 276 g/mol. The molecule has 1 aromatic rings. The van der Waals surface area contributed by atoms with E-state index in [2.05, 4.69) is 15.5 Å². The largest absolute Gasteiger partial charge is 0.342 e. The topological polar surface area (TPSA) is 75.2 Å². The molecule has 0 saturated carbocycles. The third kappa shape index (κ3) is 4.48. The zero-order chi connectivity index (χ0) is 14.4. The molecule has 108 valence electrons. The van der Waals surface area contributed by atoms with Gasteiger partial charge in [0, 0.05) is 20.0 Å². The molecule has 0 bridgehead atoms. The Kier molecular flexibility index (Phi) is 5.34. The number of carbonyl (C=O) groups is 2. The van der Waals surface area contributed by atoms with Crippen LogP contribution in [-0.4, -0.2) is 45.8 Å². The van der Waals surface area contributed by atoms with Crippen molar-refractivity contribution in [3.05, 3.63) is 12.1 Å². The minimum Gasteiger partial charge on any atom is -0.342 e. The van der Waals surface area contributed by atoms with E-state index in [-0.39, 0.29) is 11.8 Å². The number of aromatic nitrogens is 2. The summed E-state index contributed by atoms with van der Waals surface area (Å²) in [6.07, 6.45) is 3.41. The van der Waals surface area contributed by atoms with Gasteiger partial charge in [0.15, 0.2) is 5.82 Å². The number of hydrogen-bond donors (Lipinski definition) is 1. The minimum absolute atomic E-state index is 0.155. The third-order valence-corrected chi connectivity index (χ3v) is 3.90. The molecular formula is C13H18N4O2S. The quantitative estimate of drug-likeness (QED) is 0.853. The van der Waals surface area contributed by atoms with Gasteiger partial charge in [0.05, 0.1) is 5.75 Å². The lowest BCUT2D eigenvalue weighted by atomic mass is 10.1. The van der Waals surface area contributed by atoms with Gasteiger partial charge in [-0.1, -0.05) is 11.8 Å². The van der Waals surface area contributed by atoms with Gasteiger partial charge in [-0.15, -0.1) is 10.2 Å². The Balaban J connectivity index is 1.81. The Bertz CT molecular complexity index is 472. The Morgan fingerprint density at radius 1 is 1.25 bits per heavy atom. The second-order valence-electron chi connectivity index (χ2n) is 4.67. The number of carbonyl (C=O) groups excluding carboxylic acids is 2. The molecule has 6 nitrogen and oxygen atoms in total. The molecule has 2 heterocycles. The van der Waals surface area contributed by atoms with E-state index in [1.165, 1.54) is 25.1 Å². The van der Waals surface area contributed by atoms with E-state index < -0.39 is 0 Å². The Labute approximate surface area is 122 Å². The van der Waals surface area contributed by atoms with E-state index in [1.807, 2.05) is 4.90 Å². The molecule has 7 heteroatoms. The van der Waals surface area contributed by atoms with E-state index in [9.17, 15) is 9.59 Å². The van der Waals surface area contributed by atoms with Gasteiger partial charge in [-0.05, 0) is 31.4 Å². The van der Waals surface area contributed by atoms with Crippen LogP contribution in [0.2, 0.25) is 0 Å². The molecule has 20 heavy (non-hydrogen) atoms. The lowest BCUT2D eigenvalue weighted by Crippen LogP contribution is -2.36. The first-order valence-electron chi connectivity index (χ1n) is 6.67. The van der Waals surface area contributed by atoms with Crippen molar-refractivity contribution in [3.63, 3.8) is 0 Å². The number of thioether (sulfide) groups is 1. The molecule has 0 aromatic carbocycles. The Morgan fingerprint density at radius 3 is 2.60 bits per heavy atom. The summed E-state index contributed by atoms with van der Waals surface area (Å²) < 4.78 is 0. The van der Waals surface area contributed by atoms with Crippen LogP contribution in [0, 0.1) is 0 Å². The number of piperidine rings is 1. The molecule has 0 unspecified atom stereocenters. The van der Waals surface area contributed by atoms with Crippen LogP contribution >= 0.6 is 11.8 Å². The normalized spacial score (nSPS) is 14.9. The average Bonchev–Trinajstić information content (AvgIpc) is 2.46. The van der Waals surface area contributed by atoms with Gasteiger partial charge in [-0.2, -0.15) is 0 Å². The Morgan fingerprint density at radius 2 is 2.00 bits per heavy atom. The maximum atomic E-state index is 12.0. The van der Waals surface area contributed by atoms with Crippen LogP contribution < -0.4 is 5.32 Å². The second kappa shape index (κ2) is 7.23. The predicted molar refractivity (Wildman–Crippen MR) is 77.5 cm³/mol. The minimum atomic E-state index is -0.181. The number of anilines is 1. The monoisotopic (exact) mass is 294 g/mol. The van der Waals surface area contributed by atoms with Gasteiger partial charge in [0.1, 0.15) is 5.03 Å². The van der Waals surface area contributed by atoms with Gasteiger partial charge in [0.2, 0.25) is 11.8 Å². The smallest absolute Gasteiger partial charge is 0.232 e. The predicted octanol–water partition coefficient (Wildman–Crippen LogP) is 1.54. The van der Waals surface area contributed by atoms with E-state index in [0.717, 1.165) is 25.9 Å². The van der Waals surface area contributed by atoms with Crippen molar-refractivity contribution < 1.29 is 9.59 Å². The lowest BCUT2D eigenvalue weighted by molar-refractivity contribution is -0.129. The van der Waals surface area contributed by atoms with Crippen molar-refractivity contribution in [3.8, 4) is 0 Å². The number of rotatable bonds is 4. The molecule has 1 aromatic heterocycles. The molecule has 0 spiro atoms. The summed E-state index contributed by atoms with van der Waals surface area (Å²) in [6, 6.07) is 3.44. The first-order valence-corrected chi connectivity index (χ1v) is 7.65. The van der Waals surface area contributed by atoms with Crippen LogP contribution in [-0.2, 0) is 9.59 Å². The van der Waals surface area contributed by atoms with Crippen LogP contribution in [0.3, 0.4) is 0 Å². The maximum Gasteiger partial charge on any atom is 0.232 e. The van der Waals surface area contributed by atoms with Crippen molar-refractivity contribution in [2.24, 2.45) is 0 Å². The summed E-state index contributed by atoms with van der Waals surface area (Å²) in [5.41, 5.74) is 0. The van der Waals surface area contributed by atoms with Crippen molar-refractivity contribution in [2.75, 3.05) is 24.2 Å². The summed E-state index contributed by atoms with van der Waals surface area (Å²) in [4.78, 5) is 24.7. The van der Waals surface area contributed by atoms with Gasteiger partial charge in [0.25, 0.3) is 0 Å². The van der Waals surface area contributed by atoms with Crippen molar-refractivity contribution in [1.29, 1.82) is 0 Å². The third-order valence-electron chi connectivity index (χ3n) is 3.00. The SMILES string of the molecule is CC(=O)Nc1ccc(SCC(=O)N2CCCCC2)nn1. The van der Waals surface area contributed by atoms with E-state index >= 15 is 0 Å². The number of nitrogens with one attached hydrogen (secondary N) is 1. The molecule has 1 aliphatic rings. The second-order valence-corrected chi connectivity index (χ2v) is 5.66. The lowest BCUT2D eigenvalue weighted by Gasteiger charge is -2.26. The summed E-state index contributed by atoms with van der Waals surface area (Å²) in [7, 11) is 0. The molecule has 1 fully saturated rings. The fraction of sp³-hybridized carbons (Fsp3) is 0.538. The van der Waals surface area contributed by atoms with Crippen molar-refractivity contribution in [2.45, 2.75) is 31.2 Å². The molecule has 1 aliphatic heterocycles. The van der Waals surface area contributed by atoms with Crippen molar-refractivity contribution in [1.82, 2.24) is 15.1 Å². The summed E-state index contributed by atoms with van der Waals surface area (Å²) in [6.45, 7) is 3.15. The van der Waals surface area contributed by atoms with Gasteiger partial charge >= 0.3 is 0 Å². The summed E-state index contributed by atoms with van der Waals surface area (Å²) in [5.74, 6) is 0.778. The van der Waals surface area contributed by atoms with Gasteiger partial charge in [-0.25, -0.2) is 0 Å². The highest BCUT2D eigenvalue weighted by Gasteiger charge is 2.16. The maximum absolute atomic E-state index is 12.0. The highest BCUT2D eigenvalue weighted by Crippen LogP contribution is 2.17.